The molecule has 39 heavy (non-hydrogen) atoms. The van der Waals surface area contributed by atoms with Gasteiger partial charge in [-0.25, -0.2) is 13.8 Å². The number of anilines is 1. The molecule has 0 saturated heterocycles. The van der Waals surface area contributed by atoms with Crippen molar-refractivity contribution in [3.8, 4) is 22.6 Å². The molecule has 0 radical (unpaired) electrons. The lowest BCUT2D eigenvalue weighted by Crippen LogP contribution is -2.13. The van der Waals surface area contributed by atoms with E-state index in [0.717, 1.165) is 11.3 Å². The molecule has 0 amide bonds. The van der Waals surface area contributed by atoms with Gasteiger partial charge >= 0.3 is 0 Å². The van der Waals surface area contributed by atoms with Crippen LogP contribution in [0, 0.1) is 32.4 Å². The number of nitrogens with zero attached hydrogens (tertiary/aromatic N) is 4. The Hall–Kier alpha value is -4.79. The molecule has 2 aromatic carbocycles. The van der Waals surface area contributed by atoms with Gasteiger partial charge in [0.2, 0.25) is 0 Å². The first kappa shape index (κ1) is 25.8. The van der Waals surface area contributed by atoms with Gasteiger partial charge in [0.15, 0.2) is 28.8 Å². The van der Waals surface area contributed by atoms with Crippen molar-refractivity contribution in [1.29, 1.82) is 0 Å². The maximum Gasteiger partial charge on any atom is 0.189 e. The van der Waals surface area contributed by atoms with Crippen LogP contribution in [-0.2, 0) is 6.42 Å². The number of pyridine rings is 2. The molecular formula is C30H25F2N5O2. The number of carbonyl (C=O) groups is 1. The molecule has 196 valence electrons. The van der Waals surface area contributed by atoms with Crippen LogP contribution in [0.3, 0.4) is 0 Å². The van der Waals surface area contributed by atoms with Crippen LogP contribution in [0.4, 0.5) is 14.5 Å². The van der Waals surface area contributed by atoms with Crippen molar-refractivity contribution in [3.05, 3.63) is 101 Å². The topological polar surface area (TPSA) is 89.9 Å². The largest absolute Gasteiger partial charge is 0.452 e. The van der Waals surface area contributed by atoms with E-state index >= 15 is 4.39 Å². The average Bonchev–Trinajstić information content (AvgIpc) is 2.91. The SMILES string of the molecule is CNc1c(C(=O)Cc2ccc(Oc3ccnc4cc(C)c(C)nc34)c(F)c2)nnc(C)c1-c1ccc(F)cc1. The van der Waals surface area contributed by atoms with E-state index < -0.39 is 5.82 Å². The highest BCUT2D eigenvalue weighted by atomic mass is 19.1. The fourth-order valence-electron chi connectivity index (χ4n) is 4.37. The molecule has 0 saturated carbocycles. The van der Waals surface area contributed by atoms with Gasteiger partial charge in [0.1, 0.15) is 11.3 Å². The first-order valence-electron chi connectivity index (χ1n) is 12.3. The van der Waals surface area contributed by atoms with Crippen molar-refractivity contribution in [3.63, 3.8) is 0 Å². The van der Waals surface area contributed by atoms with Crippen LogP contribution in [-0.4, -0.2) is 33.0 Å². The molecular weight excluding hydrogens is 500 g/mol. The molecule has 5 rings (SSSR count). The minimum Gasteiger partial charge on any atom is -0.452 e. The van der Waals surface area contributed by atoms with Crippen molar-refractivity contribution >= 4 is 22.5 Å². The van der Waals surface area contributed by atoms with E-state index in [0.29, 0.717) is 44.9 Å². The van der Waals surface area contributed by atoms with Gasteiger partial charge in [-0.1, -0.05) is 18.2 Å². The summed E-state index contributed by atoms with van der Waals surface area (Å²) in [7, 11) is 1.67. The standard InChI is InChI=1S/C30H25F2N5O2/c1-16-13-23-28(35-17(16)2)26(11-12-34-23)39-25-10-5-19(14-22(25)32)15-24(38)29-30(33-4)27(18(3)36-37-29)20-6-8-21(31)9-7-20/h5-14H,15H2,1-4H3,(H,33,36). The fraction of sp³-hybridized carbons (Fsp3) is 0.167. The summed E-state index contributed by atoms with van der Waals surface area (Å²) in [6.07, 6.45) is 1.48. The van der Waals surface area contributed by atoms with Gasteiger partial charge in [-0.2, -0.15) is 5.10 Å². The maximum atomic E-state index is 15.1. The second-order valence-electron chi connectivity index (χ2n) is 9.18. The van der Waals surface area contributed by atoms with E-state index in [-0.39, 0.29) is 29.5 Å². The van der Waals surface area contributed by atoms with E-state index in [4.69, 9.17) is 4.74 Å². The van der Waals surface area contributed by atoms with Gasteiger partial charge < -0.3 is 10.1 Å². The summed E-state index contributed by atoms with van der Waals surface area (Å²) in [5, 5.41) is 11.3. The lowest BCUT2D eigenvalue weighted by atomic mass is 9.98. The van der Waals surface area contributed by atoms with Crippen LogP contribution in [0.5, 0.6) is 11.5 Å². The number of carbonyl (C=O) groups excluding carboxylic acids is 1. The van der Waals surface area contributed by atoms with Gasteiger partial charge in [0.05, 0.1) is 16.9 Å². The van der Waals surface area contributed by atoms with Crippen LogP contribution in [0.2, 0.25) is 0 Å². The fourth-order valence-corrected chi connectivity index (χ4v) is 4.37. The predicted octanol–water partition coefficient (Wildman–Crippen LogP) is 6.55. The van der Waals surface area contributed by atoms with Crippen LogP contribution >= 0.6 is 0 Å². The highest BCUT2D eigenvalue weighted by molar-refractivity contribution is 6.03. The molecule has 0 bridgehead atoms. The molecule has 0 aliphatic rings. The minimum absolute atomic E-state index is 0.00312. The summed E-state index contributed by atoms with van der Waals surface area (Å²) in [6, 6.07) is 13.8. The van der Waals surface area contributed by atoms with E-state index in [1.54, 1.807) is 44.4 Å². The van der Waals surface area contributed by atoms with Crippen molar-refractivity contribution in [2.75, 3.05) is 12.4 Å². The van der Waals surface area contributed by atoms with Gasteiger partial charge in [-0.15, -0.1) is 5.10 Å². The Morgan fingerprint density at radius 3 is 2.41 bits per heavy atom. The van der Waals surface area contributed by atoms with Crippen LogP contribution in [0.15, 0.2) is 60.8 Å². The van der Waals surface area contributed by atoms with E-state index in [1.165, 1.54) is 24.3 Å². The number of ketones is 1. The van der Waals surface area contributed by atoms with E-state index in [9.17, 15) is 9.18 Å². The third-order valence-electron chi connectivity index (χ3n) is 6.50. The second-order valence-corrected chi connectivity index (χ2v) is 9.18. The second kappa shape index (κ2) is 10.5. The minimum atomic E-state index is -0.620. The maximum absolute atomic E-state index is 15.1. The molecule has 0 unspecified atom stereocenters. The molecule has 5 aromatic rings. The number of aromatic nitrogens is 4. The highest BCUT2D eigenvalue weighted by Crippen LogP contribution is 2.34. The van der Waals surface area contributed by atoms with Gasteiger partial charge in [0.25, 0.3) is 0 Å². The Balaban J connectivity index is 1.41. The number of nitrogens with one attached hydrogen (secondary N) is 1. The first-order chi connectivity index (χ1) is 18.7. The predicted molar refractivity (Wildman–Crippen MR) is 145 cm³/mol. The Labute approximate surface area is 223 Å². The zero-order valence-corrected chi connectivity index (χ0v) is 21.8. The van der Waals surface area contributed by atoms with Gasteiger partial charge in [-0.3, -0.25) is 9.78 Å². The average molecular weight is 526 g/mol. The summed E-state index contributed by atoms with van der Waals surface area (Å²) in [4.78, 5) is 22.1. The van der Waals surface area contributed by atoms with Crippen LogP contribution in [0.25, 0.3) is 22.2 Å². The number of hydrogen-bond acceptors (Lipinski definition) is 7. The molecule has 0 atom stereocenters. The van der Waals surface area contributed by atoms with Crippen molar-refractivity contribution in [2.45, 2.75) is 27.2 Å². The normalized spacial score (nSPS) is 11.0. The molecule has 3 heterocycles. The van der Waals surface area contributed by atoms with Gasteiger partial charge in [-0.05, 0) is 67.8 Å². The third-order valence-corrected chi connectivity index (χ3v) is 6.50. The number of halogens is 2. The first-order valence-corrected chi connectivity index (χ1v) is 12.3. The molecule has 0 aliphatic carbocycles. The zero-order chi connectivity index (χ0) is 27.7. The smallest absolute Gasteiger partial charge is 0.189 e. The van der Waals surface area contributed by atoms with Crippen molar-refractivity contribution in [2.24, 2.45) is 0 Å². The summed E-state index contributed by atoms with van der Waals surface area (Å²) in [5.74, 6) is -0.951. The van der Waals surface area contributed by atoms with Crippen LogP contribution in [0.1, 0.15) is 33.0 Å². The lowest BCUT2D eigenvalue weighted by molar-refractivity contribution is 0.0988. The van der Waals surface area contributed by atoms with Gasteiger partial charge in [0, 0.05) is 37.0 Å². The number of aryl methyl sites for hydroxylation is 3. The van der Waals surface area contributed by atoms with E-state index in [2.05, 4.69) is 25.5 Å². The molecule has 9 heteroatoms. The molecule has 1 N–H and O–H groups in total. The summed E-state index contributed by atoms with van der Waals surface area (Å²) in [6.45, 7) is 5.60. The zero-order valence-electron chi connectivity index (χ0n) is 21.8. The molecule has 3 aromatic heterocycles. The highest BCUT2D eigenvalue weighted by Gasteiger charge is 2.21. The molecule has 0 spiro atoms. The van der Waals surface area contributed by atoms with Crippen molar-refractivity contribution in [1.82, 2.24) is 20.2 Å². The molecule has 0 aliphatic heterocycles. The molecule has 7 nitrogen and oxygen atoms in total. The number of ether oxygens (including phenoxy) is 1. The Bertz CT molecular complexity index is 1720. The Kier molecular flexibility index (Phi) is 6.98. The van der Waals surface area contributed by atoms with E-state index in [1.807, 2.05) is 19.9 Å². The number of Topliss-reactive ketones (excluding diaryl/α,β-unsaturated/α-hetero) is 1. The number of rotatable bonds is 7. The summed E-state index contributed by atoms with van der Waals surface area (Å²) < 4.78 is 34.4. The summed E-state index contributed by atoms with van der Waals surface area (Å²) >= 11 is 0. The quantitative estimate of drug-likeness (QED) is 0.241. The Morgan fingerprint density at radius 1 is 0.923 bits per heavy atom. The third kappa shape index (κ3) is 5.16. The number of fused-ring (bicyclic) bond motifs is 1. The lowest BCUT2D eigenvalue weighted by Gasteiger charge is -2.15. The van der Waals surface area contributed by atoms with Crippen LogP contribution < -0.4 is 10.1 Å². The summed E-state index contributed by atoms with van der Waals surface area (Å²) in [5.41, 5.74) is 5.97. The number of hydrogen-bond donors (Lipinski definition) is 1. The number of benzene rings is 2. The molecule has 0 fully saturated rings. The Morgan fingerprint density at radius 2 is 1.69 bits per heavy atom. The van der Waals surface area contributed by atoms with Crippen molar-refractivity contribution < 1.29 is 18.3 Å². The monoisotopic (exact) mass is 525 g/mol.